The maximum atomic E-state index is 11.6. The first kappa shape index (κ1) is 14.5. The molecular weight excluding hydrogens is 186 g/mol. The van der Waals surface area contributed by atoms with Gasteiger partial charge in [-0.1, -0.05) is 52.9 Å². The maximum absolute atomic E-state index is 11.6. The molecule has 1 N–H and O–H groups in total. The van der Waals surface area contributed by atoms with Gasteiger partial charge in [-0.15, -0.1) is 0 Å². The van der Waals surface area contributed by atoms with Gasteiger partial charge in [-0.05, 0) is 12.8 Å². The van der Waals surface area contributed by atoms with Crippen LogP contribution in [0.4, 0.5) is 0 Å². The van der Waals surface area contributed by atoms with Gasteiger partial charge >= 0.3 is 0 Å². The SMILES string of the molecule is CCCCCCC(C)C(=O)NCCCC. The lowest BCUT2D eigenvalue weighted by Gasteiger charge is -2.11. The fourth-order valence-corrected chi connectivity index (χ4v) is 1.57. The van der Waals surface area contributed by atoms with Gasteiger partial charge in [0.2, 0.25) is 5.91 Å². The third-order valence-corrected chi connectivity index (χ3v) is 2.77. The molecule has 2 nitrogen and oxygen atoms in total. The summed E-state index contributed by atoms with van der Waals surface area (Å²) in [5.74, 6) is 0.429. The van der Waals surface area contributed by atoms with Crippen LogP contribution in [0.3, 0.4) is 0 Å². The van der Waals surface area contributed by atoms with Crippen LogP contribution in [0, 0.1) is 5.92 Å². The zero-order valence-corrected chi connectivity index (χ0v) is 10.6. The first-order valence-corrected chi connectivity index (χ1v) is 6.50. The van der Waals surface area contributed by atoms with Gasteiger partial charge in [0, 0.05) is 12.5 Å². The molecule has 0 saturated carbocycles. The Kier molecular flexibility index (Phi) is 9.65. The Labute approximate surface area is 94.8 Å². The van der Waals surface area contributed by atoms with Crippen molar-refractivity contribution < 1.29 is 4.79 Å². The minimum absolute atomic E-state index is 0.193. The highest BCUT2D eigenvalue weighted by Crippen LogP contribution is 2.10. The minimum Gasteiger partial charge on any atom is -0.356 e. The van der Waals surface area contributed by atoms with E-state index >= 15 is 0 Å². The van der Waals surface area contributed by atoms with Gasteiger partial charge in [0.05, 0.1) is 0 Å². The van der Waals surface area contributed by atoms with Gasteiger partial charge in [0.15, 0.2) is 0 Å². The molecule has 0 rings (SSSR count). The highest BCUT2D eigenvalue weighted by molar-refractivity contribution is 5.78. The Balaban J connectivity index is 3.42. The number of unbranched alkanes of at least 4 members (excludes halogenated alkanes) is 4. The summed E-state index contributed by atoms with van der Waals surface area (Å²) in [4.78, 5) is 11.6. The van der Waals surface area contributed by atoms with E-state index in [1.54, 1.807) is 0 Å². The summed E-state index contributed by atoms with van der Waals surface area (Å²) < 4.78 is 0. The number of carbonyl (C=O) groups excluding carboxylic acids is 1. The molecule has 0 aliphatic carbocycles. The second kappa shape index (κ2) is 10.0. The van der Waals surface area contributed by atoms with Crippen LogP contribution in [0.25, 0.3) is 0 Å². The summed E-state index contributed by atoms with van der Waals surface area (Å²) in [6.07, 6.45) is 8.29. The van der Waals surface area contributed by atoms with Crippen molar-refractivity contribution in [2.24, 2.45) is 5.92 Å². The summed E-state index contributed by atoms with van der Waals surface area (Å²) in [6.45, 7) is 7.23. The van der Waals surface area contributed by atoms with Gasteiger partial charge in [-0.25, -0.2) is 0 Å². The molecule has 0 heterocycles. The van der Waals surface area contributed by atoms with Gasteiger partial charge < -0.3 is 5.32 Å². The highest BCUT2D eigenvalue weighted by atomic mass is 16.1. The number of carbonyl (C=O) groups is 1. The summed E-state index contributed by atoms with van der Waals surface area (Å²) in [5.41, 5.74) is 0. The first-order valence-electron chi connectivity index (χ1n) is 6.50. The Bertz CT molecular complexity index is 157. The Morgan fingerprint density at radius 3 is 2.33 bits per heavy atom. The van der Waals surface area contributed by atoms with Crippen molar-refractivity contribution in [3.05, 3.63) is 0 Å². The fraction of sp³-hybridized carbons (Fsp3) is 0.923. The van der Waals surface area contributed by atoms with E-state index < -0.39 is 0 Å². The summed E-state index contributed by atoms with van der Waals surface area (Å²) in [7, 11) is 0. The number of nitrogens with one attached hydrogen (secondary N) is 1. The van der Waals surface area contributed by atoms with E-state index in [4.69, 9.17) is 0 Å². The third-order valence-electron chi connectivity index (χ3n) is 2.77. The van der Waals surface area contributed by atoms with E-state index in [0.29, 0.717) is 0 Å². The highest BCUT2D eigenvalue weighted by Gasteiger charge is 2.10. The molecule has 15 heavy (non-hydrogen) atoms. The average molecular weight is 213 g/mol. The fourth-order valence-electron chi connectivity index (χ4n) is 1.57. The average Bonchev–Trinajstić information content (AvgIpc) is 2.24. The monoisotopic (exact) mass is 213 g/mol. The van der Waals surface area contributed by atoms with Gasteiger partial charge in [0.25, 0.3) is 0 Å². The Morgan fingerprint density at radius 1 is 1.07 bits per heavy atom. The van der Waals surface area contributed by atoms with Crippen molar-refractivity contribution in [2.45, 2.75) is 65.7 Å². The standard InChI is InChI=1S/C13H27NO/c1-4-6-8-9-10-12(3)13(15)14-11-7-5-2/h12H,4-11H2,1-3H3,(H,14,15). The summed E-state index contributed by atoms with van der Waals surface area (Å²) >= 11 is 0. The van der Waals surface area contributed by atoms with Crippen molar-refractivity contribution in [3.8, 4) is 0 Å². The maximum Gasteiger partial charge on any atom is 0.222 e. The molecule has 0 radical (unpaired) electrons. The van der Waals surface area contributed by atoms with E-state index in [1.807, 2.05) is 6.92 Å². The molecule has 2 heteroatoms. The predicted octanol–water partition coefficient (Wildman–Crippen LogP) is 3.51. The largest absolute Gasteiger partial charge is 0.356 e. The van der Waals surface area contributed by atoms with Crippen molar-refractivity contribution in [1.29, 1.82) is 0 Å². The van der Waals surface area contributed by atoms with Crippen LogP contribution in [0.15, 0.2) is 0 Å². The van der Waals surface area contributed by atoms with Crippen LogP contribution in [0.5, 0.6) is 0 Å². The molecule has 0 spiro atoms. The number of hydrogen-bond acceptors (Lipinski definition) is 1. The Hall–Kier alpha value is -0.530. The van der Waals surface area contributed by atoms with Crippen LogP contribution in [-0.4, -0.2) is 12.5 Å². The van der Waals surface area contributed by atoms with Gasteiger partial charge in [-0.3, -0.25) is 4.79 Å². The van der Waals surface area contributed by atoms with Crippen molar-refractivity contribution in [1.82, 2.24) is 5.32 Å². The normalized spacial score (nSPS) is 12.5. The summed E-state index contributed by atoms with van der Waals surface area (Å²) in [6, 6.07) is 0. The number of hydrogen-bond donors (Lipinski definition) is 1. The Morgan fingerprint density at radius 2 is 1.73 bits per heavy atom. The zero-order valence-electron chi connectivity index (χ0n) is 10.6. The second-order valence-electron chi connectivity index (χ2n) is 4.39. The van der Waals surface area contributed by atoms with Crippen molar-refractivity contribution in [2.75, 3.05) is 6.54 Å². The van der Waals surface area contributed by atoms with E-state index in [9.17, 15) is 4.79 Å². The zero-order chi connectivity index (χ0) is 11.5. The first-order chi connectivity index (χ1) is 7.22. The number of amides is 1. The molecule has 0 aliphatic rings. The van der Waals surface area contributed by atoms with E-state index in [-0.39, 0.29) is 11.8 Å². The number of rotatable bonds is 9. The van der Waals surface area contributed by atoms with Crippen molar-refractivity contribution >= 4 is 5.91 Å². The molecule has 1 unspecified atom stereocenters. The molecule has 0 saturated heterocycles. The van der Waals surface area contributed by atoms with Gasteiger partial charge in [-0.2, -0.15) is 0 Å². The third kappa shape index (κ3) is 8.46. The molecule has 1 atom stereocenters. The van der Waals surface area contributed by atoms with Crippen LogP contribution in [0.2, 0.25) is 0 Å². The van der Waals surface area contributed by atoms with E-state index in [0.717, 1.165) is 25.8 Å². The topological polar surface area (TPSA) is 29.1 Å². The molecule has 90 valence electrons. The molecule has 0 aromatic rings. The van der Waals surface area contributed by atoms with Crippen LogP contribution >= 0.6 is 0 Å². The van der Waals surface area contributed by atoms with Crippen molar-refractivity contribution in [3.63, 3.8) is 0 Å². The minimum atomic E-state index is 0.193. The van der Waals surface area contributed by atoms with Crippen LogP contribution < -0.4 is 5.32 Å². The summed E-state index contributed by atoms with van der Waals surface area (Å²) in [5, 5.41) is 2.99. The van der Waals surface area contributed by atoms with Crippen LogP contribution in [-0.2, 0) is 4.79 Å². The second-order valence-corrected chi connectivity index (χ2v) is 4.39. The molecule has 0 aromatic heterocycles. The molecule has 1 amide bonds. The van der Waals surface area contributed by atoms with E-state index in [2.05, 4.69) is 19.2 Å². The lowest BCUT2D eigenvalue weighted by atomic mass is 10.0. The molecule has 0 aromatic carbocycles. The molecule has 0 aliphatic heterocycles. The quantitative estimate of drug-likeness (QED) is 0.583. The lowest BCUT2D eigenvalue weighted by Crippen LogP contribution is -2.29. The predicted molar refractivity (Wildman–Crippen MR) is 65.8 cm³/mol. The molecule has 0 bridgehead atoms. The lowest BCUT2D eigenvalue weighted by molar-refractivity contribution is -0.124. The van der Waals surface area contributed by atoms with Crippen LogP contribution in [0.1, 0.15) is 65.7 Å². The molecule has 0 fully saturated rings. The van der Waals surface area contributed by atoms with Gasteiger partial charge in [0.1, 0.15) is 0 Å². The van der Waals surface area contributed by atoms with E-state index in [1.165, 1.54) is 25.7 Å². The molecular formula is C13H27NO. The smallest absolute Gasteiger partial charge is 0.222 e.